The van der Waals surface area contributed by atoms with Crippen LogP contribution in [0.5, 0.6) is 0 Å². The largest absolute Gasteiger partial charge is 0.478 e. The van der Waals surface area contributed by atoms with Crippen LogP contribution in [0.4, 0.5) is 0 Å². The second-order valence-electron chi connectivity index (χ2n) is 1.53. The topological polar surface area (TPSA) is 77.8 Å². The van der Waals surface area contributed by atoms with Crippen molar-refractivity contribution < 1.29 is 41.8 Å². The Balaban J connectivity index is -0.000000114. The van der Waals surface area contributed by atoms with E-state index < -0.39 is 5.97 Å². The van der Waals surface area contributed by atoms with Crippen molar-refractivity contribution in [2.45, 2.75) is 6.92 Å². The molecule has 0 unspecified atom stereocenters. The Bertz CT molecular complexity index is 99.1. The van der Waals surface area contributed by atoms with Gasteiger partial charge in [0.05, 0.1) is 13.2 Å². The molecule has 0 saturated heterocycles. The van der Waals surface area contributed by atoms with E-state index >= 15 is 0 Å². The second-order valence-corrected chi connectivity index (χ2v) is 1.53. The third kappa shape index (κ3) is 25.8. The number of hydrogen-bond acceptors (Lipinski definition) is 3. The number of aliphatic hydroxyl groups is 2. The monoisotopic (exact) mass is 196 g/mol. The molecule has 11 heavy (non-hydrogen) atoms. The Morgan fingerprint density at radius 2 is 1.55 bits per heavy atom. The van der Waals surface area contributed by atoms with Crippen LogP contribution in [0.1, 0.15) is 6.92 Å². The SMILES string of the molecule is C=C(C)C(=O)O.OCCO.[Ti]. The zero-order chi connectivity index (χ0) is 8.57. The molecular formula is C6H12O4Ti. The van der Waals surface area contributed by atoms with Gasteiger partial charge in [-0.3, -0.25) is 0 Å². The van der Waals surface area contributed by atoms with E-state index in [1.54, 1.807) is 0 Å². The Labute approximate surface area is 80.4 Å². The third-order valence-electron chi connectivity index (χ3n) is 0.465. The Hall–Kier alpha value is -0.156. The number of carbonyl (C=O) groups is 1. The fraction of sp³-hybridized carbons (Fsp3) is 0.500. The minimum absolute atomic E-state index is 0. The number of rotatable bonds is 2. The summed E-state index contributed by atoms with van der Waals surface area (Å²) in [5.74, 6) is -0.935. The van der Waals surface area contributed by atoms with Crippen LogP contribution in [0.3, 0.4) is 0 Å². The maximum absolute atomic E-state index is 9.60. The molecule has 0 amide bonds. The van der Waals surface area contributed by atoms with Crippen molar-refractivity contribution in [2.75, 3.05) is 13.2 Å². The molecule has 0 atom stereocenters. The molecule has 0 radical (unpaired) electrons. The van der Waals surface area contributed by atoms with Crippen molar-refractivity contribution in [3.63, 3.8) is 0 Å². The number of carboxylic acid groups (broad SMARTS) is 1. The van der Waals surface area contributed by atoms with Crippen LogP contribution in [0, 0.1) is 0 Å². The van der Waals surface area contributed by atoms with Gasteiger partial charge >= 0.3 is 5.97 Å². The van der Waals surface area contributed by atoms with Gasteiger partial charge < -0.3 is 15.3 Å². The van der Waals surface area contributed by atoms with E-state index in [1.165, 1.54) is 6.92 Å². The number of aliphatic hydroxyl groups excluding tert-OH is 2. The number of hydrogen-bond donors (Lipinski definition) is 3. The first-order valence-electron chi connectivity index (χ1n) is 2.66. The summed E-state index contributed by atoms with van der Waals surface area (Å²) in [5, 5.41) is 23.1. The van der Waals surface area contributed by atoms with E-state index in [0.29, 0.717) is 0 Å². The van der Waals surface area contributed by atoms with Crippen molar-refractivity contribution in [1.29, 1.82) is 0 Å². The molecule has 0 rings (SSSR count). The molecule has 0 aromatic rings. The van der Waals surface area contributed by atoms with E-state index in [4.69, 9.17) is 15.3 Å². The van der Waals surface area contributed by atoms with Crippen molar-refractivity contribution >= 4 is 5.97 Å². The molecule has 64 valence electrons. The van der Waals surface area contributed by atoms with Crippen molar-refractivity contribution in [3.05, 3.63) is 12.2 Å². The number of aliphatic carboxylic acids is 1. The molecule has 0 fully saturated rings. The van der Waals surface area contributed by atoms with Gasteiger partial charge in [-0.2, -0.15) is 0 Å². The summed E-state index contributed by atoms with van der Waals surface area (Å²) in [4.78, 5) is 9.60. The molecule has 0 aliphatic heterocycles. The molecule has 0 aliphatic carbocycles. The van der Waals surface area contributed by atoms with Gasteiger partial charge in [0.2, 0.25) is 0 Å². The minimum Gasteiger partial charge on any atom is -0.478 e. The van der Waals surface area contributed by atoms with E-state index in [-0.39, 0.29) is 40.5 Å². The summed E-state index contributed by atoms with van der Waals surface area (Å²) in [7, 11) is 0. The molecule has 0 spiro atoms. The smallest absolute Gasteiger partial charge is 0.330 e. The number of carboxylic acids is 1. The molecule has 0 aromatic carbocycles. The van der Waals surface area contributed by atoms with Gasteiger partial charge in [0.1, 0.15) is 0 Å². The molecule has 4 nitrogen and oxygen atoms in total. The standard InChI is InChI=1S/C4H6O2.C2H6O2.Ti/c1-3(2)4(5)6;3-1-2-4;/h1H2,2H3,(H,5,6);3-4H,1-2H2;. The third-order valence-corrected chi connectivity index (χ3v) is 0.465. The predicted octanol–water partition coefficient (Wildman–Crippen LogP) is -0.384. The van der Waals surface area contributed by atoms with Gasteiger partial charge in [0, 0.05) is 27.3 Å². The fourth-order valence-electron chi connectivity index (χ4n) is 0. The van der Waals surface area contributed by atoms with Crippen LogP contribution in [0.25, 0.3) is 0 Å². The molecule has 0 bridgehead atoms. The quantitative estimate of drug-likeness (QED) is 0.415. The van der Waals surface area contributed by atoms with Crippen LogP contribution in [0.15, 0.2) is 12.2 Å². The summed E-state index contributed by atoms with van der Waals surface area (Å²) in [6.07, 6.45) is 0. The molecule has 0 saturated carbocycles. The van der Waals surface area contributed by atoms with E-state index in [2.05, 4.69) is 6.58 Å². The zero-order valence-corrected chi connectivity index (χ0v) is 7.93. The van der Waals surface area contributed by atoms with E-state index in [1.807, 2.05) is 0 Å². The summed E-state index contributed by atoms with van der Waals surface area (Å²) < 4.78 is 0. The Morgan fingerprint density at radius 3 is 1.55 bits per heavy atom. The normalized spacial score (nSPS) is 6.82. The molecule has 0 aromatic heterocycles. The Morgan fingerprint density at radius 1 is 1.36 bits per heavy atom. The van der Waals surface area contributed by atoms with Crippen molar-refractivity contribution in [2.24, 2.45) is 0 Å². The minimum atomic E-state index is -0.935. The first-order chi connectivity index (χ1) is 4.56. The van der Waals surface area contributed by atoms with Gasteiger partial charge in [-0.25, -0.2) is 4.79 Å². The van der Waals surface area contributed by atoms with Gasteiger partial charge in [0.25, 0.3) is 0 Å². The van der Waals surface area contributed by atoms with Crippen molar-refractivity contribution in [1.82, 2.24) is 0 Å². The summed E-state index contributed by atoms with van der Waals surface area (Å²) in [6.45, 7) is 4.35. The molecule has 5 heteroatoms. The second kappa shape index (κ2) is 12.5. The molecule has 0 aliphatic rings. The summed E-state index contributed by atoms with van der Waals surface area (Å²) in [5.41, 5.74) is 0.176. The predicted molar refractivity (Wildman–Crippen MR) is 36.6 cm³/mol. The summed E-state index contributed by atoms with van der Waals surface area (Å²) in [6, 6.07) is 0. The fourth-order valence-corrected chi connectivity index (χ4v) is 0. The van der Waals surface area contributed by atoms with Crippen LogP contribution < -0.4 is 0 Å². The maximum Gasteiger partial charge on any atom is 0.330 e. The van der Waals surface area contributed by atoms with Gasteiger partial charge in [-0.05, 0) is 6.92 Å². The van der Waals surface area contributed by atoms with E-state index in [9.17, 15) is 4.79 Å². The summed E-state index contributed by atoms with van der Waals surface area (Å²) >= 11 is 0. The molecule has 3 N–H and O–H groups in total. The average Bonchev–Trinajstić information content (AvgIpc) is 1.89. The Kier molecular flexibility index (Phi) is 19.4. The van der Waals surface area contributed by atoms with Gasteiger partial charge in [-0.15, -0.1) is 0 Å². The van der Waals surface area contributed by atoms with Gasteiger partial charge in [-0.1, -0.05) is 6.58 Å². The first kappa shape index (κ1) is 17.1. The van der Waals surface area contributed by atoms with Crippen LogP contribution in [-0.2, 0) is 26.5 Å². The van der Waals surface area contributed by atoms with Crippen LogP contribution in [-0.4, -0.2) is 34.5 Å². The van der Waals surface area contributed by atoms with Gasteiger partial charge in [0.15, 0.2) is 0 Å². The molecular weight excluding hydrogens is 184 g/mol. The molecule has 0 heterocycles. The average molecular weight is 196 g/mol. The van der Waals surface area contributed by atoms with E-state index in [0.717, 1.165) is 0 Å². The zero-order valence-electron chi connectivity index (χ0n) is 6.37. The van der Waals surface area contributed by atoms with Crippen LogP contribution >= 0.6 is 0 Å². The van der Waals surface area contributed by atoms with Crippen LogP contribution in [0.2, 0.25) is 0 Å². The maximum atomic E-state index is 9.60. The first-order valence-corrected chi connectivity index (χ1v) is 2.66. The van der Waals surface area contributed by atoms with Crippen molar-refractivity contribution in [3.8, 4) is 0 Å².